The summed E-state index contributed by atoms with van der Waals surface area (Å²) in [5.41, 5.74) is 0.777. The second-order valence-corrected chi connectivity index (χ2v) is 17.4. The van der Waals surface area contributed by atoms with Crippen molar-refractivity contribution in [3.63, 3.8) is 0 Å². The number of ether oxygens (including phenoxy) is 1. The van der Waals surface area contributed by atoms with Crippen LogP contribution in [0.25, 0.3) is 0 Å². The van der Waals surface area contributed by atoms with Crippen molar-refractivity contribution in [3.8, 4) is 0 Å². The van der Waals surface area contributed by atoms with Crippen molar-refractivity contribution in [3.05, 3.63) is 35.9 Å². The van der Waals surface area contributed by atoms with Gasteiger partial charge in [-0.15, -0.1) is 0 Å². The fourth-order valence-electron chi connectivity index (χ4n) is 7.13. The van der Waals surface area contributed by atoms with Gasteiger partial charge in [0, 0.05) is 27.6 Å². The van der Waals surface area contributed by atoms with Gasteiger partial charge >= 0.3 is 5.97 Å². The van der Waals surface area contributed by atoms with Crippen LogP contribution in [0.4, 0.5) is 0 Å². The number of benzene rings is 1. The third kappa shape index (κ3) is 14.4. The first-order valence-electron chi connectivity index (χ1n) is 21.1. The molecule has 8 atom stereocenters. The van der Waals surface area contributed by atoms with Crippen molar-refractivity contribution in [1.29, 1.82) is 0 Å². The van der Waals surface area contributed by atoms with Crippen molar-refractivity contribution in [2.75, 3.05) is 21.1 Å². The van der Waals surface area contributed by atoms with Gasteiger partial charge < -0.3 is 35.4 Å². The van der Waals surface area contributed by atoms with E-state index >= 15 is 0 Å². The number of unbranched alkanes of at least 4 members (excludes halogenated alkanes) is 1. The summed E-state index contributed by atoms with van der Waals surface area (Å²) in [4.78, 5) is 103. The summed E-state index contributed by atoms with van der Waals surface area (Å²) >= 11 is 0. The molecule has 0 radical (unpaired) electrons. The SMILES string of the molecule is CCCC[C@@H](C)C[C@@H]1NC(=O)[C@H](Cc2ccccc2)N(C)C(=O)[C@H](CC(C)C)NC(=O)[C@H](CC(C)C)N(C)C(=O)C(C(C)C)NC(=O)[C@@H](C)OC(=O)[C@H](C)N(C)C1=O. The highest BCUT2D eigenvalue weighted by Gasteiger charge is 2.40. The minimum Gasteiger partial charge on any atom is -0.451 e. The number of likely N-dealkylation sites (N-methyl/N-ethyl adjacent to an activating group) is 3. The van der Waals surface area contributed by atoms with Crippen molar-refractivity contribution in [1.82, 2.24) is 30.7 Å². The maximum absolute atomic E-state index is 14.6. The lowest BCUT2D eigenvalue weighted by atomic mass is 9.94. The Morgan fingerprint density at radius 2 is 1.16 bits per heavy atom. The first-order chi connectivity index (χ1) is 27.1. The first kappa shape index (κ1) is 49.7. The second-order valence-electron chi connectivity index (χ2n) is 17.4. The number of nitrogens with zero attached hydrogens (tertiary/aromatic N) is 3. The van der Waals surface area contributed by atoms with Crippen LogP contribution in [0.15, 0.2) is 30.3 Å². The molecule has 1 aromatic rings. The molecule has 14 nitrogen and oxygen atoms in total. The molecule has 2 rings (SSSR count). The van der Waals surface area contributed by atoms with Crippen LogP contribution in [0.5, 0.6) is 0 Å². The third-order valence-corrected chi connectivity index (χ3v) is 11.0. The van der Waals surface area contributed by atoms with Crippen LogP contribution >= 0.6 is 0 Å². The van der Waals surface area contributed by atoms with E-state index in [9.17, 15) is 33.6 Å². The zero-order valence-corrected chi connectivity index (χ0v) is 37.3. The van der Waals surface area contributed by atoms with E-state index in [1.54, 1.807) is 13.8 Å². The Morgan fingerprint density at radius 3 is 1.69 bits per heavy atom. The smallest absolute Gasteiger partial charge is 0.329 e. The average molecular weight is 813 g/mol. The van der Waals surface area contributed by atoms with Gasteiger partial charge in [0.25, 0.3) is 5.91 Å². The Bertz CT molecular complexity index is 1550. The van der Waals surface area contributed by atoms with E-state index in [0.717, 1.165) is 24.8 Å². The van der Waals surface area contributed by atoms with E-state index in [4.69, 9.17) is 4.74 Å². The summed E-state index contributed by atoms with van der Waals surface area (Å²) in [7, 11) is 4.46. The predicted octanol–water partition coefficient (Wildman–Crippen LogP) is 4.09. The Labute approximate surface area is 346 Å². The van der Waals surface area contributed by atoms with Crippen molar-refractivity contribution in [2.24, 2.45) is 23.7 Å². The average Bonchev–Trinajstić information content (AvgIpc) is 3.17. The van der Waals surface area contributed by atoms with Crippen LogP contribution < -0.4 is 16.0 Å². The fourth-order valence-corrected chi connectivity index (χ4v) is 7.13. The highest BCUT2D eigenvalue weighted by atomic mass is 16.5. The monoisotopic (exact) mass is 813 g/mol. The zero-order chi connectivity index (χ0) is 44.0. The van der Waals surface area contributed by atoms with E-state index in [0.29, 0.717) is 0 Å². The molecule has 0 bridgehead atoms. The summed E-state index contributed by atoms with van der Waals surface area (Å²) in [5.74, 6) is -4.74. The van der Waals surface area contributed by atoms with Crippen LogP contribution in [0.2, 0.25) is 0 Å². The molecule has 1 unspecified atom stereocenters. The molecule has 1 saturated heterocycles. The minimum atomic E-state index is -1.33. The van der Waals surface area contributed by atoms with E-state index in [1.165, 1.54) is 49.7 Å². The molecule has 58 heavy (non-hydrogen) atoms. The lowest BCUT2D eigenvalue weighted by molar-refractivity contribution is -0.162. The van der Waals surface area contributed by atoms with Crippen molar-refractivity contribution < 1.29 is 38.3 Å². The van der Waals surface area contributed by atoms with Crippen molar-refractivity contribution >= 4 is 41.4 Å². The molecule has 0 saturated carbocycles. The summed E-state index contributed by atoms with van der Waals surface area (Å²) in [6.07, 6.45) is 2.23. The summed E-state index contributed by atoms with van der Waals surface area (Å²) in [5, 5.41) is 8.61. The van der Waals surface area contributed by atoms with Crippen molar-refractivity contribution in [2.45, 2.75) is 157 Å². The molecular weight excluding hydrogens is 741 g/mol. The van der Waals surface area contributed by atoms with E-state index < -0.39 is 89.7 Å². The molecule has 0 aromatic heterocycles. The number of amides is 6. The maximum Gasteiger partial charge on any atom is 0.329 e. The number of carbonyl (C=O) groups is 7. The number of esters is 1. The van der Waals surface area contributed by atoms with Gasteiger partial charge in [-0.1, -0.05) is 105 Å². The molecule has 0 spiro atoms. The highest BCUT2D eigenvalue weighted by molar-refractivity contribution is 5.97. The van der Waals surface area contributed by atoms with Crippen LogP contribution in [0.3, 0.4) is 0 Å². The maximum atomic E-state index is 14.6. The van der Waals surface area contributed by atoms with Gasteiger partial charge in [0.05, 0.1) is 0 Å². The third-order valence-electron chi connectivity index (χ3n) is 11.0. The molecule has 3 N–H and O–H groups in total. The lowest BCUT2D eigenvalue weighted by Gasteiger charge is -2.36. The van der Waals surface area contributed by atoms with Gasteiger partial charge in [0.2, 0.25) is 29.5 Å². The minimum absolute atomic E-state index is 0.0224. The summed E-state index contributed by atoms with van der Waals surface area (Å²) in [6.45, 7) is 18.1. The van der Waals surface area contributed by atoms with E-state index in [2.05, 4.69) is 22.9 Å². The quantitative estimate of drug-likeness (QED) is 0.265. The van der Waals surface area contributed by atoms with Crippen LogP contribution in [0, 0.1) is 23.7 Å². The molecule has 326 valence electrons. The fraction of sp³-hybridized carbons (Fsp3) is 0.705. The van der Waals surface area contributed by atoms with Gasteiger partial charge in [-0.2, -0.15) is 0 Å². The molecule has 14 heteroatoms. The van der Waals surface area contributed by atoms with Gasteiger partial charge in [-0.3, -0.25) is 28.8 Å². The molecule has 1 aromatic carbocycles. The Hall–Kier alpha value is -4.49. The molecule has 1 aliphatic rings. The summed E-state index contributed by atoms with van der Waals surface area (Å²) in [6, 6.07) is 2.77. The van der Waals surface area contributed by atoms with Crippen LogP contribution in [-0.2, 0) is 44.7 Å². The Morgan fingerprint density at radius 1 is 0.638 bits per heavy atom. The molecule has 1 heterocycles. The van der Waals surface area contributed by atoms with Gasteiger partial charge in [0.15, 0.2) is 6.10 Å². The molecule has 1 aliphatic heterocycles. The molecule has 6 amide bonds. The Balaban J connectivity index is 2.81. The number of rotatable bonds is 12. The second kappa shape index (κ2) is 23.2. The number of nitrogens with one attached hydrogen (secondary N) is 3. The first-order valence-corrected chi connectivity index (χ1v) is 21.1. The molecule has 1 fully saturated rings. The standard InChI is InChI=1S/C44H72N6O8/c1-14-15-19-29(8)24-34-41(54)48(11)30(9)44(57)58-31(10)38(51)47-37(28(6)7)43(56)50(13)35(23-27(4)5)39(52)45-33(22-26(2)3)42(55)49(12)36(40(53)46-34)25-32-20-17-16-18-21-32/h16-18,20-21,26-31,33-37H,14-15,19,22-25H2,1-13H3,(H,45,52)(H,46,53)(H,47,51)/t29-,30+,31-,33+,34+,35+,36+,37?/m1/s1. The normalized spacial score (nSPS) is 26.0. The van der Waals surface area contributed by atoms with Gasteiger partial charge in [-0.25, -0.2) is 4.79 Å². The number of hydrogen-bond acceptors (Lipinski definition) is 8. The zero-order valence-electron chi connectivity index (χ0n) is 37.3. The van der Waals surface area contributed by atoms with E-state index in [-0.39, 0.29) is 43.4 Å². The van der Waals surface area contributed by atoms with Gasteiger partial charge in [-0.05, 0) is 62.3 Å². The number of cyclic esters (lactones) is 1. The molecule has 0 aliphatic carbocycles. The summed E-state index contributed by atoms with van der Waals surface area (Å²) < 4.78 is 5.55. The number of hydrogen-bond donors (Lipinski definition) is 3. The number of carbonyl (C=O) groups excluding carboxylic acids is 7. The van der Waals surface area contributed by atoms with E-state index in [1.807, 2.05) is 65.0 Å². The highest BCUT2D eigenvalue weighted by Crippen LogP contribution is 2.21. The van der Waals surface area contributed by atoms with Crippen LogP contribution in [0.1, 0.15) is 113 Å². The topological polar surface area (TPSA) is 175 Å². The Kier molecular flexibility index (Phi) is 19.9. The molecular formula is C44H72N6O8. The van der Waals surface area contributed by atoms with Crippen LogP contribution in [-0.4, -0.2) is 120 Å². The van der Waals surface area contributed by atoms with Gasteiger partial charge in [0.1, 0.15) is 36.3 Å². The lowest BCUT2D eigenvalue weighted by Crippen LogP contribution is -2.60. The largest absolute Gasteiger partial charge is 0.451 e. The predicted molar refractivity (Wildman–Crippen MR) is 224 cm³/mol.